The molecule has 2 aliphatic rings. The Kier molecular flexibility index (Phi) is 5.69. The number of halogens is 1. The van der Waals surface area contributed by atoms with Crippen LogP contribution in [-0.2, 0) is 17.6 Å². The van der Waals surface area contributed by atoms with Gasteiger partial charge in [0.1, 0.15) is 16.9 Å². The van der Waals surface area contributed by atoms with Crippen LogP contribution in [-0.4, -0.2) is 15.6 Å². The fourth-order valence-corrected chi connectivity index (χ4v) is 6.61. The summed E-state index contributed by atoms with van der Waals surface area (Å²) >= 11 is 2.98. The molecule has 0 spiro atoms. The second-order valence-corrected chi connectivity index (χ2v) is 10.2. The van der Waals surface area contributed by atoms with E-state index in [-0.39, 0.29) is 11.7 Å². The number of nitrogens with one attached hydrogen (secondary N) is 1. The molecule has 1 aromatic carbocycles. The van der Waals surface area contributed by atoms with E-state index in [9.17, 15) is 14.4 Å². The Bertz CT molecular complexity index is 1370. The fraction of sp³-hybridized carbons (Fsp3) is 0.240. The van der Waals surface area contributed by atoms with Crippen LogP contribution in [0.2, 0.25) is 0 Å². The lowest BCUT2D eigenvalue weighted by molar-refractivity contribution is -0.115. The molecule has 33 heavy (non-hydrogen) atoms. The van der Waals surface area contributed by atoms with Crippen molar-refractivity contribution in [1.29, 1.82) is 5.26 Å². The zero-order chi connectivity index (χ0) is 23.1. The number of benzene rings is 1. The third-order valence-electron chi connectivity index (χ3n) is 5.93. The number of thiophene rings is 1. The number of amidine groups is 1. The van der Waals surface area contributed by atoms with E-state index in [0.717, 1.165) is 46.8 Å². The minimum atomic E-state index is -0.329. The molecule has 1 aliphatic carbocycles. The first-order chi connectivity index (χ1) is 15.9. The second-order valence-electron chi connectivity index (χ2n) is 8.12. The highest BCUT2D eigenvalue weighted by Crippen LogP contribution is 2.39. The van der Waals surface area contributed by atoms with Crippen molar-refractivity contribution in [2.45, 2.75) is 39.5 Å². The van der Waals surface area contributed by atoms with E-state index in [1.165, 1.54) is 40.8 Å². The highest BCUT2D eigenvalue weighted by Gasteiger charge is 2.26. The van der Waals surface area contributed by atoms with Gasteiger partial charge in [0, 0.05) is 16.3 Å². The lowest BCUT2D eigenvalue weighted by atomic mass is 9.96. The van der Waals surface area contributed by atoms with Gasteiger partial charge in [-0.2, -0.15) is 5.26 Å². The van der Waals surface area contributed by atoms with Crippen LogP contribution in [0.5, 0.6) is 0 Å². The van der Waals surface area contributed by atoms with Crippen molar-refractivity contribution >= 4 is 45.9 Å². The molecule has 1 saturated heterocycles. The van der Waals surface area contributed by atoms with Gasteiger partial charge in [-0.1, -0.05) is 0 Å². The van der Waals surface area contributed by atoms with E-state index < -0.39 is 0 Å². The molecule has 2 aromatic heterocycles. The maximum absolute atomic E-state index is 13.1. The van der Waals surface area contributed by atoms with Gasteiger partial charge in [-0.3, -0.25) is 4.79 Å². The normalized spacial score (nSPS) is 17.9. The minimum Gasteiger partial charge on any atom is -0.308 e. The van der Waals surface area contributed by atoms with Gasteiger partial charge in [-0.25, -0.2) is 9.38 Å². The fourth-order valence-electron chi connectivity index (χ4n) is 4.33. The van der Waals surface area contributed by atoms with Gasteiger partial charge in [0.05, 0.1) is 16.2 Å². The molecule has 8 heteroatoms. The largest absolute Gasteiger partial charge is 0.308 e. The molecule has 0 atom stereocenters. The Morgan fingerprint density at radius 2 is 1.97 bits per heavy atom. The summed E-state index contributed by atoms with van der Waals surface area (Å²) in [6.45, 7) is 4.04. The molecule has 1 N–H and O–H groups in total. The smallest absolute Gasteiger partial charge is 0.264 e. The first-order valence-corrected chi connectivity index (χ1v) is 12.4. The summed E-state index contributed by atoms with van der Waals surface area (Å²) < 4.78 is 15.3. The summed E-state index contributed by atoms with van der Waals surface area (Å²) in [6.07, 6.45) is 6.18. The SMILES string of the molecule is Cc1cc(/C=C2\SC(=Nc3ccc(F)cc3)NC2=O)c(C)n1-c1sc2c(c1C#N)CCCC2. The highest BCUT2D eigenvalue weighted by molar-refractivity contribution is 8.18. The Morgan fingerprint density at radius 1 is 1.21 bits per heavy atom. The number of nitriles is 1. The highest BCUT2D eigenvalue weighted by atomic mass is 32.2. The number of rotatable bonds is 3. The van der Waals surface area contributed by atoms with Crippen LogP contribution in [0.25, 0.3) is 11.1 Å². The van der Waals surface area contributed by atoms with Gasteiger partial charge in [0.25, 0.3) is 5.91 Å². The number of carbonyl (C=O) groups is 1. The summed E-state index contributed by atoms with van der Waals surface area (Å²) in [4.78, 5) is 18.8. The first kappa shape index (κ1) is 21.7. The van der Waals surface area contributed by atoms with Gasteiger partial charge in [0.15, 0.2) is 5.17 Å². The molecular weight excluding hydrogens is 455 g/mol. The van der Waals surface area contributed by atoms with Gasteiger partial charge >= 0.3 is 0 Å². The zero-order valence-corrected chi connectivity index (χ0v) is 19.9. The van der Waals surface area contributed by atoms with Crippen molar-refractivity contribution in [2.75, 3.05) is 0 Å². The van der Waals surface area contributed by atoms with Crippen molar-refractivity contribution in [3.63, 3.8) is 0 Å². The van der Waals surface area contributed by atoms with Gasteiger partial charge in [-0.05, 0) is 98.8 Å². The summed E-state index contributed by atoms with van der Waals surface area (Å²) in [5.41, 5.74) is 5.53. The Labute approximate surface area is 199 Å². The van der Waals surface area contributed by atoms with Crippen molar-refractivity contribution < 1.29 is 9.18 Å². The summed E-state index contributed by atoms with van der Waals surface area (Å²) in [5.74, 6) is -0.542. The number of thioether (sulfide) groups is 1. The quantitative estimate of drug-likeness (QED) is 0.476. The number of aryl methyl sites for hydroxylation is 2. The zero-order valence-electron chi connectivity index (χ0n) is 18.2. The summed E-state index contributed by atoms with van der Waals surface area (Å²) in [6, 6.07) is 10.3. The second kappa shape index (κ2) is 8.65. The van der Waals surface area contributed by atoms with Gasteiger partial charge in [0.2, 0.25) is 0 Å². The molecule has 3 heterocycles. The molecule has 0 radical (unpaired) electrons. The van der Waals surface area contributed by atoms with Crippen LogP contribution in [0.1, 0.15) is 45.8 Å². The standard InChI is InChI=1S/C25H21FN4OS2/c1-14-11-16(12-22-23(31)29-25(33-22)28-18-9-7-17(26)8-10-18)15(2)30(14)24-20(13-27)19-5-3-4-6-21(19)32-24/h7-12H,3-6H2,1-2H3,(H,28,29,31)/b22-12-. The van der Waals surface area contributed by atoms with E-state index in [4.69, 9.17) is 0 Å². The van der Waals surface area contributed by atoms with Gasteiger partial charge in [-0.15, -0.1) is 11.3 Å². The van der Waals surface area contributed by atoms with Crippen LogP contribution in [0.15, 0.2) is 40.2 Å². The van der Waals surface area contributed by atoms with E-state index in [0.29, 0.717) is 15.8 Å². The number of fused-ring (bicyclic) bond motifs is 1. The van der Waals surface area contributed by atoms with Crippen LogP contribution < -0.4 is 5.32 Å². The number of hydrogen-bond donors (Lipinski definition) is 1. The monoisotopic (exact) mass is 476 g/mol. The lowest BCUT2D eigenvalue weighted by Crippen LogP contribution is -2.19. The molecule has 5 nitrogen and oxygen atoms in total. The third-order valence-corrected chi connectivity index (χ3v) is 8.12. The first-order valence-electron chi connectivity index (χ1n) is 10.7. The van der Waals surface area contributed by atoms with E-state index in [1.54, 1.807) is 23.5 Å². The summed E-state index contributed by atoms with van der Waals surface area (Å²) in [5, 5.41) is 14.1. The van der Waals surface area contributed by atoms with Crippen LogP contribution in [0.3, 0.4) is 0 Å². The average Bonchev–Trinajstić information content (AvgIpc) is 3.42. The van der Waals surface area contributed by atoms with Crippen molar-refractivity contribution in [2.24, 2.45) is 4.99 Å². The van der Waals surface area contributed by atoms with E-state index >= 15 is 0 Å². The number of carbonyl (C=O) groups excluding carboxylic acids is 1. The lowest BCUT2D eigenvalue weighted by Gasteiger charge is -2.10. The molecule has 0 bridgehead atoms. The average molecular weight is 477 g/mol. The van der Waals surface area contributed by atoms with Crippen LogP contribution in [0, 0.1) is 31.0 Å². The van der Waals surface area contributed by atoms with Gasteiger partial charge < -0.3 is 9.88 Å². The molecule has 1 aliphatic heterocycles. The molecule has 0 saturated carbocycles. The number of hydrogen-bond acceptors (Lipinski definition) is 5. The molecule has 0 unspecified atom stereocenters. The minimum absolute atomic E-state index is 0.213. The number of aliphatic imine (C=N–C) groups is 1. The van der Waals surface area contributed by atoms with Crippen LogP contribution in [0.4, 0.5) is 10.1 Å². The molecule has 5 rings (SSSR count). The van der Waals surface area contributed by atoms with Crippen molar-refractivity contribution in [3.05, 3.63) is 74.0 Å². The van der Waals surface area contributed by atoms with E-state index in [2.05, 4.69) is 20.9 Å². The molecule has 1 amide bonds. The Balaban J connectivity index is 1.48. The third kappa shape index (κ3) is 4.03. The maximum atomic E-state index is 13.1. The Morgan fingerprint density at radius 3 is 2.73 bits per heavy atom. The topological polar surface area (TPSA) is 70.2 Å². The molecular formula is C25H21FN4OS2. The Hall–Kier alpha value is -3.15. The number of aromatic nitrogens is 1. The predicted octanol–water partition coefficient (Wildman–Crippen LogP) is 5.94. The molecule has 166 valence electrons. The van der Waals surface area contributed by atoms with Crippen LogP contribution >= 0.6 is 23.1 Å². The molecule has 3 aromatic rings. The summed E-state index contributed by atoms with van der Waals surface area (Å²) in [7, 11) is 0. The molecule has 1 fully saturated rings. The maximum Gasteiger partial charge on any atom is 0.264 e. The number of amides is 1. The van der Waals surface area contributed by atoms with Crippen molar-refractivity contribution in [1.82, 2.24) is 9.88 Å². The van der Waals surface area contributed by atoms with E-state index in [1.807, 2.05) is 26.0 Å². The predicted molar refractivity (Wildman–Crippen MR) is 132 cm³/mol. The number of nitrogens with zero attached hydrogens (tertiary/aromatic N) is 3. The van der Waals surface area contributed by atoms with Crippen molar-refractivity contribution in [3.8, 4) is 11.1 Å².